The molecule has 0 aliphatic heterocycles. The molecule has 0 unspecified atom stereocenters. The number of hydrogen-bond acceptors (Lipinski definition) is 8. The monoisotopic (exact) mass is 517 g/mol. The fraction of sp³-hybridized carbons (Fsp3) is 0.364. The van der Waals surface area contributed by atoms with Crippen molar-refractivity contribution in [2.75, 3.05) is 22.4 Å². The van der Waals surface area contributed by atoms with Crippen molar-refractivity contribution in [1.29, 1.82) is 0 Å². The van der Waals surface area contributed by atoms with Crippen LogP contribution in [0, 0.1) is 0 Å². The Bertz CT molecular complexity index is 1260. The molecule has 0 radical (unpaired) electrons. The van der Waals surface area contributed by atoms with Crippen LogP contribution in [0.1, 0.15) is 17.3 Å². The number of rotatable bonds is 12. The van der Waals surface area contributed by atoms with Gasteiger partial charge in [-0.15, -0.1) is 5.10 Å². The predicted octanol–water partition coefficient (Wildman–Crippen LogP) is 3.26. The van der Waals surface area contributed by atoms with Crippen LogP contribution in [0.4, 0.5) is 17.3 Å². The highest BCUT2D eigenvalue weighted by Crippen LogP contribution is 2.31. The van der Waals surface area contributed by atoms with E-state index in [9.17, 15) is 13.2 Å². The summed E-state index contributed by atoms with van der Waals surface area (Å²) < 4.78 is 33.6. The van der Waals surface area contributed by atoms with Crippen molar-refractivity contribution < 1.29 is 17.9 Å². The van der Waals surface area contributed by atoms with Crippen molar-refractivity contribution in [3.8, 4) is 11.3 Å². The number of sulfonamides is 1. The number of anilines is 3. The van der Waals surface area contributed by atoms with Crippen LogP contribution in [0.3, 0.4) is 0 Å². The molecule has 188 valence electrons. The van der Waals surface area contributed by atoms with Gasteiger partial charge in [0.1, 0.15) is 23.8 Å². The summed E-state index contributed by atoms with van der Waals surface area (Å²) in [6.07, 6.45) is 1.54. The van der Waals surface area contributed by atoms with Gasteiger partial charge in [-0.25, -0.2) is 13.1 Å². The fourth-order valence-electron chi connectivity index (χ4n) is 3.08. The van der Waals surface area contributed by atoms with Gasteiger partial charge in [-0.3, -0.25) is 9.52 Å². The highest BCUT2D eigenvalue weighted by Gasteiger charge is 2.24. The smallest absolute Gasteiger partial charge is 0.254 e. The highest BCUT2D eigenvalue weighted by molar-refractivity contribution is 7.92. The van der Waals surface area contributed by atoms with Gasteiger partial charge < -0.3 is 15.8 Å². The lowest BCUT2D eigenvalue weighted by Gasteiger charge is -2.16. The molecule has 2 heterocycles. The average Bonchev–Trinajstić information content (AvgIpc) is 3.15. The Morgan fingerprint density at radius 2 is 1.89 bits per heavy atom. The van der Waals surface area contributed by atoms with Crippen molar-refractivity contribution >= 4 is 41.3 Å². The molecule has 0 atom stereocenters. The molecule has 3 aromatic rings. The third-order valence-electron chi connectivity index (χ3n) is 5.04. The summed E-state index contributed by atoms with van der Waals surface area (Å²) >= 11 is 0. The molecule has 0 saturated carbocycles. The SMILES string of the molecule is CCS(=O)(=O)Nc1ccc(-c2nn(COCC[Si](C)(C)C)c(Nc3cccnn3)c2C(N)=O)cc1. The molecule has 4 N–H and O–H groups in total. The maximum atomic E-state index is 12.5. The first-order valence-electron chi connectivity index (χ1n) is 11.1. The third kappa shape index (κ3) is 7.34. The molecule has 1 amide bonds. The standard InChI is InChI=1S/C22H31N7O4SSi/c1-5-34(31,32)28-17-10-8-16(9-11-17)20-19(21(23)30)22(25-18-7-6-12-24-26-18)29(27-20)15-33-13-14-35(2,3)4/h6-12,28H,5,13-15H2,1-4H3,(H2,23,30)(H,25,26). The molecular weight excluding hydrogens is 486 g/mol. The quantitative estimate of drug-likeness (QED) is 0.244. The topological polar surface area (TPSA) is 154 Å². The Morgan fingerprint density at radius 1 is 1.17 bits per heavy atom. The number of aromatic nitrogens is 4. The zero-order valence-corrected chi connectivity index (χ0v) is 22.1. The van der Waals surface area contributed by atoms with Gasteiger partial charge in [0.05, 0.1) is 5.75 Å². The first-order valence-corrected chi connectivity index (χ1v) is 16.5. The largest absolute Gasteiger partial charge is 0.365 e. The Labute approximate surface area is 206 Å². The van der Waals surface area contributed by atoms with E-state index in [1.54, 1.807) is 43.3 Å². The molecule has 3 rings (SSSR count). The van der Waals surface area contributed by atoms with Gasteiger partial charge in [0.15, 0.2) is 5.82 Å². The van der Waals surface area contributed by atoms with Crippen LogP contribution in [0.5, 0.6) is 0 Å². The number of nitrogens with two attached hydrogens (primary N) is 1. The normalized spacial score (nSPS) is 11.9. The fourth-order valence-corrected chi connectivity index (χ4v) is 4.48. The molecule has 0 fully saturated rings. The van der Waals surface area contributed by atoms with Crippen LogP contribution in [0.15, 0.2) is 42.6 Å². The minimum absolute atomic E-state index is 0.0416. The van der Waals surface area contributed by atoms with Crippen molar-refractivity contribution in [3.05, 3.63) is 48.2 Å². The molecule has 0 bridgehead atoms. The lowest BCUT2D eigenvalue weighted by molar-refractivity contribution is 0.0802. The number of benzene rings is 1. The number of primary amides is 1. The van der Waals surface area contributed by atoms with Crippen LogP contribution in [-0.4, -0.2) is 54.7 Å². The van der Waals surface area contributed by atoms with Crippen molar-refractivity contribution in [3.63, 3.8) is 0 Å². The van der Waals surface area contributed by atoms with Crippen LogP contribution < -0.4 is 15.8 Å². The van der Waals surface area contributed by atoms with Crippen molar-refractivity contribution in [2.45, 2.75) is 39.3 Å². The molecule has 13 heteroatoms. The van der Waals surface area contributed by atoms with Gasteiger partial charge in [0.25, 0.3) is 5.91 Å². The van der Waals surface area contributed by atoms with E-state index in [-0.39, 0.29) is 18.0 Å². The molecule has 0 aliphatic carbocycles. The van der Waals surface area contributed by atoms with Crippen molar-refractivity contribution in [1.82, 2.24) is 20.0 Å². The van der Waals surface area contributed by atoms with Gasteiger partial charge >= 0.3 is 0 Å². The lowest BCUT2D eigenvalue weighted by atomic mass is 10.1. The first-order chi connectivity index (χ1) is 16.5. The van der Waals surface area contributed by atoms with E-state index in [0.29, 0.717) is 35.2 Å². The number of nitrogens with one attached hydrogen (secondary N) is 2. The second-order valence-corrected chi connectivity index (χ2v) is 16.7. The van der Waals surface area contributed by atoms with Crippen LogP contribution in [-0.2, 0) is 21.5 Å². The molecule has 0 aliphatic rings. The number of carbonyl (C=O) groups excluding carboxylic acids is 1. The van der Waals surface area contributed by atoms with Gasteiger partial charge in [-0.05, 0) is 37.2 Å². The maximum absolute atomic E-state index is 12.5. The molecule has 11 nitrogen and oxygen atoms in total. The van der Waals surface area contributed by atoms with Crippen LogP contribution >= 0.6 is 0 Å². The van der Waals surface area contributed by atoms with Gasteiger partial charge in [0.2, 0.25) is 10.0 Å². The van der Waals surface area contributed by atoms with Gasteiger partial charge in [-0.2, -0.15) is 10.2 Å². The minimum atomic E-state index is -3.41. The Kier molecular flexibility index (Phi) is 8.25. The summed E-state index contributed by atoms with van der Waals surface area (Å²) in [5.41, 5.74) is 7.25. The number of amides is 1. The van der Waals surface area contributed by atoms with E-state index in [2.05, 4.69) is 45.0 Å². The Morgan fingerprint density at radius 3 is 2.46 bits per heavy atom. The number of ether oxygens (including phenoxy) is 1. The minimum Gasteiger partial charge on any atom is -0.365 e. The molecule has 35 heavy (non-hydrogen) atoms. The Hall–Kier alpha value is -3.29. The first kappa shape index (κ1) is 26.3. The number of nitrogens with zero attached hydrogens (tertiary/aromatic N) is 4. The highest BCUT2D eigenvalue weighted by atomic mass is 32.2. The predicted molar refractivity (Wildman–Crippen MR) is 139 cm³/mol. The summed E-state index contributed by atoms with van der Waals surface area (Å²) in [4.78, 5) is 12.5. The number of carbonyl (C=O) groups is 1. The summed E-state index contributed by atoms with van der Waals surface area (Å²) in [5, 5.41) is 15.6. The third-order valence-corrected chi connectivity index (χ3v) is 8.05. The Balaban J connectivity index is 1.98. The second kappa shape index (κ2) is 11.0. The number of hydrogen-bond donors (Lipinski definition) is 3. The molecular formula is C22H31N7O4SSi. The van der Waals surface area contributed by atoms with E-state index in [0.717, 1.165) is 6.04 Å². The average molecular weight is 518 g/mol. The summed E-state index contributed by atoms with van der Waals surface area (Å²) in [6, 6.07) is 10.9. The van der Waals surface area contributed by atoms with Crippen LogP contribution in [0.2, 0.25) is 25.7 Å². The molecule has 0 spiro atoms. The molecule has 2 aromatic heterocycles. The van der Waals surface area contributed by atoms with E-state index in [1.807, 2.05) is 0 Å². The second-order valence-electron chi connectivity index (χ2n) is 9.10. The molecule has 0 saturated heterocycles. The van der Waals surface area contributed by atoms with E-state index < -0.39 is 24.0 Å². The summed E-state index contributed by atoms with van der Waals surface area (Å²) in [7, 11) is -4.70. The van der Waals surface area contributed by atoms with Gasteiger partial charge in [0, 0.05) is 32.1 Å². The van der Waals surface area contributed by atoms with Crippen LogP contribution in [0.25, 0.3) is 11.3 Å². The van der Waals surface area contributed by atoms with E-state index >= 15 is 0 Å². The van der Waals surface area contributed by atoms with E-state index in [1.165, 1.54) is 10.9 Å². The summed E-state index contributed by atoms with van der Waals surface area (Å²) in [5.74, 6) is 0.0153. The van der Waals surface area contributed by atoms with Crippen molar-refractivity contribution in [2.24, 2.45) is 5.73 Å². The lowest BCUT2D eigenvalue weighted by Crippen LogP contribution is -2.22. The summed E-state index contributed by atoms with van der Waals surface area (Å²) in [6.45, 7) is 9.01. The van der Waals surface area contributed by atoms with E-state index in [4.69, 9.17) is 10.5 Å². The molecule has 1 aromatic carbocycles. The zero-order valence-electron chi connectivity index (χ0n) is 20.3. The maximum Gasteiger partial charge on any atom is 0.254 e. The van der Waals surface area contributed by atoms with Gasteiger partial charge in [-0.1, -0.05) is 31.8 Å². The zero-order chi connectivity index (χ0) is 25.6.